The second kappa shape index (κ2) is 5.38. The molecule has 1 N–H and O–H groups in total. The van der Waals surface area contributed by atoms with Gasteiger partial charge in [-0.25, -0.2) is 9.97 Å². The van der Waals surface area contributed by atoms with Crippen LogP contribution >= 0.6 is 22.9 Å². The Balaban J connectivity index is 1.91. The maximum absolute atomic E-state index is 5.92. The van der Waals surface area contributed by atoms with E-state index in [1.165, 1.54) is 11.1 Å². The number of nitrogens with zero attached hydrogens (tertiary/aromatic N) is 2. The van der Waals surface area contributed by atoms with Crippen molar-refractivity contribution in [2.24, 2.45) is 0 Å². The van der Waals surface area contributed by atoms with Gasteiger partial charge in [0.2, 0.25) is 0 Å². The third kappa shape index (κ3) is 2.49. The van der Waals surface area contributed by atoms with Crippen LogP contribution in [-0.4, -0.2) is 9.97 Å². The molecule has 0 saturated heterocycles. The van der Waals surface area contributed by atoms with Crippen molar-refractivity contribution in [3.63, 3.8) is 0 Å². The standard InChI is InChI=1S/C15H14ClN3S/c1-9-7-20-14-13(9)17-8-18-15(14)19-10(2)11-3-5-12(16)6-4-11/h3-8,10H,1-2H3,(H,17,18,19). The van der Waals surface area contributed by atoms with Crippen LogP contribution < -0.4 is 5.32 Å². The van der Waals surface area contributed by atoms with E-state index in [2.05, 4.69) is 34.5 Å². The van der Waals surface area contributed by atoms with Crippen LogP contribution in [0.3, 0.4) is 0 Å². The number of anilines is 1. The molecule has 5 heteroatoms. The van der Waals surface area contributed by atoms with Crippen molar-refractivity contribution in [2.75, 3.05) is 5.32 Å². The predicted molar refractivity (Wildman–Crippen MR) is 85.6 cm³/mol. The van der Waals surface area contributed by atoms with Gasteiger partial charge in [-0.1, -0.05) is 23.7 Å². The van der Waals surface area contributed by atoms with Crippen molar-refractivity contribution in [1.82, 2.24) is 9.97 Å². The Bertz CT molecular complexity index is 736. The highest BCUT2D eigenvalue weighted by atomic mass is 35.5. The van der Waals surface area contributed by atoms with Crippen LogP contribution in [-0.2, 0) is 0 Å². The quantitative estimate of drug-likeness (QED) is 0.753. The molecule has 3 nitrogen and oxygen atoms in total. The molecule has 3 aromatic rings. The molecule has 0 saturated carbocycles. The molecule has 0 aliphatic heterocycles. The minimum absolute atomic E-state index is 0.160. The summed E-state index contributed by atoms with van der Waals surface area (Å²) >= 11 is 7.59. The molecule has 2 aromatic heterocycles. The zero-order valence-corrected chi connectivity index (χ0v) is 12.8. The van der Waals surface area contributed by atoms with Gasteiger partial charge in [0.15, 0.2) is 0 Å². The molecule has 2 heterocycles. The molecule has 1 aromatic carbocycles. The second-order valence-corrected chi connectivity index (χ2v) is 6.05. The topological polar surface area (TPSA) is 37.8 Å². The van der Waals surface area contributed by atoms with Crippen molar-refractivity contribution in [3.8, 4) is 0 Å². The summed E-state index contributed by atoms with van der Waals surface area (Å²) in [6, 6.07) is 8.02. The maximum Gasteiger partial charge on any atom is 0.147 e. The Morgan fingerprint density at radius 3 is 2.70 bits per heavy atom. The number of aryl methyl sites for hydroxylation is 1. The van der Waals surface area contributed by atoms with E-state index < -0.39 is 0 Å². The molecule has 3 rings (SSSR count). The van der Waals surface area contributed by atoms with E-state index in [1.54, 1.807) is 17.7 Å². The van der Waals surface area contributed by atoms with Gasteiger partial charge < -0.3 is 5.32 Å². The third-order valence-corrected chi connectivity index (χ3v) is 4.60. The normalized spacial score (nSPS) is 12.6. The monoisotopic (exact) mass is 303 g/mol. The first-order chi connectivity index (χ1) is 9.65. The molecule has 0 fully saturated rings. The lowest BCUT2D eigenvalue weighted by molar-refractivity contribution is 0.876. The Hall–Kier alpha value is -1.65. The minimum atomic E-state index is 0.160. The third-order valence-electron chi connectivity index (χ3n) is 3.25. The van der Waals surface area contributed by atoms with E-state index in [9.17, 15) is 0 Å². The molecule has 0 radical (unpaired) electrons. The van der Waals surface area contributed by atoms with Gasteiger partial charge in [0.25, 0.3) is 0 Å². The van der Waals surface area contributed by atoms with Crippen LogP contribution in [0.2, 0.25) is 5.02 Å². The summed E-state index contributed by atoms with van der Waals surface area (Å²) < 4.78 is 1.10. The molecule has 1 unspecified atom stereocenters. The Morgan fingerprint density at radius 1 is 1.20 bits per heavy atom. The smallest absolute Gasteiger partial charge is 0.147 e. The van der Waals surface area contributed by atoms with Crippen molar-refractivity contribution in [3.05, 3.63) is 52.1 Å². The van der Waals surface area contributed by atoms with Crippen LogP contribution in [0.1, 0.15) is 24.1 Å². The number of aromatic nitrogens is 2. The molecular weight excluding hydrogens is 290 g/mol. The summed E-state index contributed by atoms with van der Waals surface area (Å²) in [5, 5.41) is 6.31. The summed E-state index contributed by atoms with van der Waals surface area (Å²) in [5.41, 5.74) is 3.39. The highest BCUT2D eigenvalue weighted by Gasteiger charge is 2.11. The summed E-state index contributed by atoms with van der Waals surface area (Å²) in [5.74, 6) is 0.885. The fourth-order valence-corrected chi connectivity index (χ4v) is 3.19. The molecule has 1 atom stereocenters. The SMILES string of the molecule is Cc1csc2c(NC(C)c3ccc(Cl)cc3)ncnc12. The van der Waals surface area contributed by atoms with Gasteiger partial charge in [-0.05, 0) is 42.5 Å². The van der Waals surface area contributed by atoms with Crippen molar-refractivity contribution >= 4 is 39.0 Å². The van der Waals surface area contributed by atoms with Crippen molar-refractivity contribution in [1.29, 1.82) is 0 Å². The lowest BCUT2D eigenvalue weighted by Gasteiger charge is -2.15. The molecule has 0 amide bonds. The van der Waals surface area contributed by atoms with Crippen LogP contribution in [0.25, 0.3) is 10.2 Å². The summed E-state index contributed by atoms with van der Waals surface area (Å²) in [6.07, 6.45) is 1.61. The van der Waals surface area contributed by atoms with Gasteiger partial charge in [0.05, 0.1) is 10.2 Å². The van der Waals surface area contributed by atoms with E-state index in [-0.39, 0.29) is 6.04 Å². The van der Waals surface area contributed by atoms with Gasteiger partial charge in [0, 0.05) is 11.1 Å². The number of benzene rings is 1. The van der Waals surface area contributed by atoms with Gasteiger partial charge in [-0.3, -0.25) is 0 Å². The van der Waals surface area contributed by atoms with Gasteiger partial charge in [-0.15, -0.1) is 11.3 Å². The minimum Gasteiger partial charge on any atom is -0.362 e. The maximum atomic E-state index is 5.92. The molecule has 102 valence electrons. The average molecular weight is 304 g/mol. The van der Waals surface area contributed by atoms with E-state index in [4.69, 9.17) is 11.6 Å². The first-order valence-corrected chi connectivity index (χ1v) is 7.61. The Kier molecular flexibility index (Phi) is 3.59. The van der Waals surface area contributed by atoms with Gasteiger partial charge in [0.1, 0.15) is 12.1 Å². The first kappa shape index (κ1) is 13.3. The van der Waals surface area contributed by atoms with Crippen LogP contribution in [0.5, 0.6) is 0 Å². The van der Waals surface area contributed by atoms with Gasteiger partial charge >= 0.3 is 0 Å². The highest BCUT2D eigenvalue weighted by Crippen LogP contribution is 2.30. The average Bonchev–Trinajstić information content (AvgIpc) is 2.82. The molecule has 20 heavy (non-hydrogen) atoms. The summed E-state index contributed by atoms with van der Waals surface area (Å²) in [4.78, 5) is 8.70. The number of hydrogen-bond donors (Lipinski definition) is 1. The van der Waals surface area contributed by atoms with Crippen LogP contribution in [0, 0.1) is 6.92 Å². The Labute approximate surface area is 126 Å². The zero-order valence-electron chi connectivity index (χ0n) is 11.2. The molecule has 0 spiro atoms. The molecule has 0 aliphatic rings. The highest BCUT2D eigenvalue weighted by molar-refractivity contribution is 7.18. The van der Waals surface area contributed by atoms with E-state index >= 15 is 0 Å². The number of fused-ring (bicyclic) bond motifs is 1. The predicted octanol–water partition coefficient (Wildman–Crippen LogP) is 4.83. The Morgan fingerprint density at radius 2 is 1.95 bits per heavy atom. The zero-order chi connectivity index (χ0) is 14.1. The van der Waals surface area contributed by atoms with Crippen LogP contribution in [0.4, 0.5) is 5.82 Å². The van der Waals surface area contributed by atoms with E-state index in [0.29, 0.717) is 0 Å². The van der Waals surface area contributed by atoms with Crippen molar-refractivity contribution < 1.29 is 0 Å². The van der Waals surface area contributed by atoms with Crippen molar-refractivity contribution in [2.45, 2.75) is 19.9 Å². The van der Waals surface area contributed by atoms with E-state index in [1.807, 2.05) is 24.3 Å². The molecule has 0 bridgehead atoms. The lowest BCUT2D eigenvalue weighted by atomic mass is 10.1. The molecule has 0 aliphatic carbocycles. The van der Waals surface area contributed by atoms with Gasteiger partial charge in [-0.2, -0.15) is 0 Å². The lowest BCUT2D eigenvalue weighted by Crippen LogP contribution is -2.08. The number of hydrogen-bond acceptors (Lipinski definition) is 4. The number of thiophene rings is 1. The fourth-order valence-electron chi connectivity index (χ4n) is 2.11. The summed E-state index contributed by atoms with van der Waals surface area (Å²) in [6.45, 7) is 4.18. The summed E-state index contributed by atoms with van der Waals surface area (Å²) in [7, 11) is 0. The molecular formula is C15H14ClN3S. The van der Waals surface area contributed by atoms with Crippen LogP contribution in [0.15, 0.2) is 36.0 Å². The number of nitrogens with one attached hydrogen (secondary N) is 1. The van der Waals surface area contributed by atoms with E-state index in [0.717, 1.165) is 21.1 Å². The number of halogens is 1. The largest absolute Gasteiger partial charge is 0.362 e. The first-order valence-electron chi connectivity index (χ1n) is 6.36. The fraction of sp³-hybridized carbons (Fsp3) is 0.200. The number of rotatable bonds is 3. The second-order valence-electron chi connectivity index (χ2n) is 4.74.